The summed E-state index contributed by atoms with van der Waals surface area (Å²) in [4.78, 5) is 0. The molecule has 0 spiro atoms. The van der Waals surface area contributed by atoms with E-state index < -0.39 is 6.10 Å². The molecule has 0 saturated heterocycles. The second-order valence-corrected chi connectivity index (χ2v) is 5.68. The Hall–Kier alpha value is -0.460. The first-order valence-corrected chi connectivity index (χ1v) is 7.92. The highest BCUT2D eigenvalue weighted by atomic mass is 16.5. The molecule has 0 aromatic rings. The molecule has 124 valence electrons. The Morgan fingerprint density at radius 1 is 1.19 bits per heavy atom. The molecular weight excluding hydrogens is 270 g/mol. The summed E-state index contributed by atoms with van der Waals surface area (Å²) in [6.45, 7) is 6.51. The molecule has 1 rings (SSSR count). The monoisotopic (exact) mass is 301 g/mol. The molecule has 0 aromatic carbocycles. The van der Waals surface area contributed by atoms with Crippen LogP contribution >= 0.6 is 0 Å². The summed E-state index contributed by atoms with van der Waals surface area (Å²) in [6.07, 6.45) is 6.25. The van der Waals surface area contributed by atoms with Crippen LogP contribution in [0, 0.1) is 11.8 Å². The third kappa shape index (κ3) is 9.22. The van der Waals surface area contributed by atoms with Crippen LogP contribution in [0.4, 0.5) is 0 Å². The molecule has 5 heteroatoms. The molecule has 0 fully saturated rings. The van der Waals surface area contributed by atoms with Crippen molar-refractivity contribution in [1.82, 2.24) is 5.32 Å². The minimum absolute atomic E-state index is 0.393. The first kappa shape index (κ1) is 18.6. The van der Waals surface area contributed by atoms with E-state index in [0.717, 1.165) is 26.0 Å². The quantitative estimate of drug-likeness (QED) is 0.419. The smallest absolute Gasteiger partial charge is 0.0897 e. The van der Waals surface area contributed by atoms with Crippen LogP contribution < -0.4 is 5.32 Å². The van der Waals surface area contributed by atoms with Crippen molar-refractivity contribution in [2.45, 2.75) is 25.9 Å². The summed E-state index contributed by atoms with van der Waals surface area (Å²) in [5, 5.41) is 13.0. The number of rotatable bonds is 12. The fourth-order valence-corrected chi connectivity index (χ4v) is 2.31. The van der Waals surface area contributed by atoms with E-state index in [4.69, 9.17) is 14.2 Å². The van der Waals surface area contributed by atoms with Gasteiger partial charge in [-0.05, 0) is 24.7 Å². The van der Waals surface area contributed by atoms with E-state index in [9.17, 15) is 5.11 Å². The van der Waals surface area contributed by atoms with Crippen molar-refractivity contribution >= 4 is 0 Å². The van der Waals surface area contributed by atoms with Gasteiger partial charge in [-0.25, -0.2) is 0 Å². The maximum absolute atomic E-state index is 9.82. The van der Waals surface area contributed by atoms with E-state index in [0.29, 0.717) is 44.8 Å². The SMILES string of the molecule is COCCOCCNCC(O)COCC1CC=CCC1C. The first-order valence-electron chi connectivity index (χ1n) is 7.92. The highest BCUT2D eigenvalue weighted by molar-refractivity contribution is 4.93. The fraction of sp³-hybridized carbons (Fsp3) is 0.875. The van der Waals surface area contributed by atoms with Gasteiger partial charge in [0.1, 0.15) is 0 Å². The van der Waals surface area contributed by atoms with Gasteiger partial charge in [0.05, 0.1) is 39.1 Å². The van der Waals surface area contributed by atoms with Crippen molar-refractivity contribution in [3.05, 3.63) is 12.2 Å². The van der Waals surface area contributed by atoms with Crippen LogP contribution in [0.1, 0.15) is 19.8 Å². The molecule has 2 N–H and O–H groups in total. The minimum atomic E-state index is -0.460. The van der Waals surface area contributed by atoms with Crippen LogP contribution in [0.3, 0.4) is 0 Å². The van der Waals surface area contributed by atoms with Gasteiger partial charge >= 0.3 is 0 Å². The predicted molar refractivity (Wildman–Crippen MR) is 83.4 cm³/mol. The zero-order chi connectivity index (χ0) is 15.3. The van der Waals surface area contributed by atoms with Gasteiger partial charge in [-0.3, -0.25) is 0 Å². The number of aliphatic hydroxyl groups excluding tert-OH is 1. The molecule has 21 heavy (non-hydrogen) atoms. The van der Waals surface area contributed by atoms with E-state index in [1.54, 1.807) is 7.11 Å². The van der Waals surface area contributed by atoms with Gasteiger partial charge in [0.2, 0.25) is 0 Å². The van der Waals surface area contributed by atoms with Crippen molar-refractivity contribution in [2.24, 2.45) is 11.8 Å². The van der Waals surface area contributed by atoms with E-state index in [1.165, 1.54) is 0 Å². The number of nitrogens with one attached hydrogen (secondary N) is 1. The van der Waals surface area contributed by atoms with Gasteiger partial charge in [0.25, 0.3) is 0 Å². The van der Waals surface area contributed by atoms with Crippen LogP contribution in [-0.4, -0.2) is 64.4 Å². The zero-order valence-electron chi connectivity index (χ0n) is 13.4. The topological polar surface area (TPSA) is 60.0 Å². The van der Waals surface area contributed by atoms with Crippen LogP contribution in [-0.2, 0) is 14.2 Å². The average Bonchev–Trinajstić information content (AvgIpc) is 2.48. The molecule has 0 aromatic heterocycles. The second kappa shape index (κ2) is 12.1. The maximum Gasteiger partial charge on any atom is 0.0897 e. The molecule has 0 saturated carbocycles. The molecule has 0 amide bonds. The lowest BCUT2D eigenvalue weighted by Crippen LogP contribution is -2.33. The van der Waals surface area contributed by atoms with Crippen LogP contribution in [0.5, 0.6) is 0 Å². The van der Waals surface area contributed by atoms with Gasteiger partial charge in [0, 0.05) is 20.2 Å². The summed E-state index contributed by atoms with van der Waals surface area (Å²) < 4.78 is 15.8. The van der Waals surface area contributed by atoms with Crippen molar-refractivity contribution in [2.75, 3.05) is 53.2 Å². The average molecular weight is 301 g/mol. The standard InChI is InChI=1S/C16H31NO4/c1-14-5-3-4-6-15(14)12-21-13-16(18)11-17-7-8-20-10-9-19-2/h3-4,14-18H,5-13H2,1-2H3. The lowest BCUT2D eigenvalue weighted by Gasteiger charge is -2.25. The normalized spacial score (nSPS) is 23.4. The largest absolute Gasteiger partial charge is 0.389 e. The Morgan fingerprint density at radius 2 is 2.00 bits per heavy atom. The van der Waals surface area contributed by atoms with Gasteiger partial charge in [-0.2, -0.15) is 0 Å². The molecule has 3 unspecified atom stereocenters. The second-order valence-electron chi connectivity index (χ2n) is 5.68. The third-order valence-corrected chi connectivity index (χ3v) is 3.80. The molecule has 0 radical (unpaired) electrons. The first-order chi connectivity index (χ1) is 10.2. The molecule has 3 atom stereocenters. The predicted octanol–water partition coefficient (Wildman–Crippen LogP) is 1.22. The summed E-state index contributed by atoms with van der Waals surface area (Å²) in [6, 6.07) is 0. The Morgan fingerprint density at radius 3 is 2.76 bits per heavy atom. The van der Waals surface area contributed by atoms with Crippen molar-refractivity contribution in [1.29, 1.82) is 0 Å². The van der Waals surface area contributed by atoms with E-state index >= 15 is 0 Å². The zero-order valence-corrected chi connectivity index (χ0v) is 13.4. The number of methoxy groups -OCH3 is 1. The Kier molecular flexibility index (Phi) is 10.7. The van der Waals surface area contributed by atoms with E-state index in [1.807, 2.05) is 0 Å². The van der Waals surface area contributed by atoms with E-state index in [-0.39, 0.29) is 0 Å². The molecule has 0 aliphatic heterocycles. The summed E-state index contributed by atoms with van der Waals surface area (Å²) in [7, 11) is 1.66. The molecule has 1 aliphatic carbocycles. The highest BCUT2D eigenvalue weighted by Crippen LogP contribution is 2.24. The van der Waals surface area contributed by atoms with Gasteiger partial charge in [0.15, 0.2) is 0 Å². The molecular formula is C16H31NO4. The number of aliphatic hydroxyl groups is 1. The Bertz CT molecular complexity index is 273. The third-order valence-electron chi connectivity index (χ3n) is 3.80. The molecule has 0 heterocycles. The maximum atomic E-state index is 9.82. The lowest BCUT2D eigenvalue weighted by atomic mass is 9.85. The van der Waals surface area contributed by atoms with E-state index in [2.05, 4.69) is 24.4 Å². The van der Waals surface area contributed by atoms with Crippen molar-refractivity contribution in [3.8, 4) is 0 Å². The number of allylic oxidation sites excluding steroid dienone is 2. The molecule has 0 bridgehead atoms. The number of hydrogen-bond donors (Lipinski definition) is 2. The lowest BCUT2D eigenvalue weighted by molar-refractivity contribution is 0.0117. The number of hydrogen-bond acceptors (Lipinski definition) is 5. The van der Waals surface area contributed by atoms with Crippen LogP contribution in [0.15, 0.2) is 12.2 Å². The summed E-state index contributed by atoms with van der Waals surface area (Å²) in [5.74, 6) is 1.26. The van der Waals surface area contributed by atoms with Gasteiger partial charge in [-0.1, -0.05) is 19.1 Å². The van der Waals surface area contributed by atoms with Gasteiger partial charge in [-0.15, -0.1) is 0 Å². The van der Waals surface area contributed by atoms with Gasteiger partial charge < -0.3 is 24.6 Å². The molecule has 5 nitrogen and oxygen atoms in total. The molecule has 1 aliphatic rings. The number of ether oxygens (including phenoxy) is 3. The van der Waals surface area contributed by atoms with Crippen molar-refractivity contribution in [3.63, 3.8) is 0 Å². The van der Waals surface area contributed by atoms with Crippen molar-refractivity contribution < 1.29 is 19.3 Å². The van der Waals surface area contributed by atoms with Crippen LogP contribution in [0.2, 0.25) is 0 Å². The van der Waals surface area contributed by atoms with Crippen LogP contribution in [0.25, 0.3) is 0 Å². The highest BCUT2D eigenvalue weighted by Gasteiger charge is 2.18. The Balaban J connectivity index is 1.91. The Labute approximate surface area is 128 Å². The minimum Gasteiger partial charge on any atom is -0.389 e. The summed E-state index contributed by atoms with van der Waals surface area (Å²) in [5.41, 5.74) is 0. The summed E-state index contributed by atoms with van der Waals surface area (Å²) >= 11 is 0. The fourth-order valence-electron chi connectivity index (χ4n) is 2.31.